The first-order valence-electron chi connectivity index (χ1n) is 7.45. The Hall–Kier alpha value is -1.89. The molecule has 7 heteroatoms. The molecule has 0 aromatic carbocycles. The Labute approximate surface area is 123 Å². The van der Waals surface area contributed by atoms with E-state index in [9.17, 15) is 9.59 Å². The molecule has 2 aliphatic rings. The first-order chi connectivity index (χ1) is 10.1. The predicted molar refractivity (Wildman–Crippen MR) is 77.7 cm³/mol. The Bertz CT molecular complexity index is 541. The maximum Gasteiger partial charge on any atom is 0.249 e. The van der Waals surface area contributed by atoms with E-state index in [2.05, 4.69) is 27.7 Å². The minimum Gasteiger partial charge on any atom is -0.371 e. The molecule has 114 valence electrons. The van der Waals surface area contributed by atoms with E-state index in [0.29, 0.717) is 18.9 Å². The number of hydrogen-bond acceptors (Lipinski definition) is 5. The number of likely N-dealkylation sites (N-methyl/N-ethyl adjacent to an activating group) is 1. The highest BCUT2D eigenvalue weighted by atomic mass is 16.2. The van der Waals surface area contributed by atoms with Crippen molar-refractivity contribution >= 4 is 17.5 Å². The van der Waals surface area contributed by atoms with Crippen molar-refractivity contribution in [3.63, 3.8) is 0 Å². The van der Waals surface area contributed by atoms with E-state index in [-0.39, 0.29) is 17.9 Å². The molecule has 2 amide bonds. The van der Waals surface area contributed by atoms with Crippen molar-refractivity contribution in [2.75, 3.05) is 18.9 Å². The summed E-state index contributed by atoms with van der Waals surface area (Å²) >= 11 is 0. The molecular formula is C14H21N5O2. The number of anilines is 1. The second-order valence-electron chi connectivity index (χ2n) is 5.88. The summed E-state index contributed by atoms with van der Waals surface area (Å²) in [4.78, 5) is 25.2. The highest BCUT2D eigenvalue weighted by Gasteiger charge is 2.27. The molecule has 7 nitrogen and oxygen atoms in total. The first kappa shape index (κ1) is 14.1. The number of hydrogen-bond donors (Lipinski definition) is 2. The van der Waals surface area contributed by atoms with Gasteiger partial charge in [-0.05, 0) is 32.9 Å². The molecule has 2 atom stereocenters. The molecule has 0 bridgehead atoms. The summed E-state index contributed by atoms with van der Waals surface area (Å²) in [6.45, 7) is 2.01. The maximum atomic E-state index is 11.7. The lowest BCUT2D eigenvalue weighted by molar-refractivity contribution is -0.133. The molecule has 3 rings (SSSR count). The Morgan fingerprint density at radius 3 is 3.00 bits per heavy atom. The lowest BCUT2D eigenvalue weighted by Crippen LogP contribution is -2.47. The van der Waals surface area contributed by atoms with Gasteiger partial charge in [0.05, 0.1) is 18.4 Å². The van der Waals surface area contributed by atoms with Crippen LogP contribution in [-0.4, -0.2) is 52.2 Å². The van der Waals surface area contributed by atoms with E-state index in [4.69, 9.17) is 0 Å². The van der Waals surface area contributed by atoms with E-state index in [1.807, 2.05) is 10.9 Å². The summed E-state index contributed by atoms with van der Waals surface area (Å²) in [7, 11) is 2.14. The molecule has 3 heterocycles. The molecule has 0 aliphatic carbocycles. The molecule has 0 spiro atoms. The van der Waals surface area contributed by atoms with Crippen LogP contribution in [0.1, 0.15) is 25.7 Å². The van der Waals surface area contributed by atoms with E-state index >= 15 is 0 Å². The van der Waals surface area contributed by atoms with Crippen LogP contribution in [0, 0.1) is 0 Å². The minimum absolute atomic E-state index is 0.196. The third-order valence-corrected chi connectivity index (χ3v) is 4.28. The topological polar surface area (TPSA) is 79.3 Å². The number of carbonyl (C=O) groups excluding carboxylic acids is 2. The summed E-state index contributed by atoms with van der Waals surface area (Å²) < 4.78 is 1.92. The molecule has 2 unspecified atom stereocenters. The standard InChI is InChI=1S/C14H21N5O2/c1-18-6-2-3-11(18)9-19-8-10(7-15-19)16-12-4-5-13(20)17-14(12)21/h7-8,11-12,16H,2-6,9H2,1H3,(H,17,20,21). The average Bonchev–Trinajstić information content (AvgIpc) is 3.04. The zero-order valence-corrected chi connectivity index (χ0v) is 12.2. The third kappa shape index (κ3) is 3.24. The summed E-state index contributed by atoms with van der Waals surface area (Å²) in [6.07, 6.45) is 7.01. The quantitative estimate of drug-likeness (QED) is 0.775. The van der Waals surface area contributed by atoms with Gasteiger partial charge in [-0.3, -0.25) is 19.6 Å². The Morgan fingerprint density at radius 1 is 1.43 bits per heavy atom. The summed E-state index contributed by atoms with van der Waals surface area (Å²) in [5.74, 6) is -0.451. The van der Waals surface area contributed by atoms with Crippen molar-refractivity contribution in [2.45, 2.75) is 44.3 Å². The number of aromatic nitrogens is 2. The minimum atomic E-state index is -0.352. The van der Waals surface area contributed by atoms with Crippen LogP contribution in [-0.2, 0) is 16.1 Å². The van der Waals surface area contributed by atoms with Gasteiger partial charge in [0, 0.05) is 18.7 Å². The lowest BCUT2D eigenvalue weighted by atomic mass is 10.1. The van der Waals surface area contributed by atoms with Gasteiger partial charge in [-0.25, -0.2) is 0 Å². The molecule has 2 fully saturated rings. The molecule has 2 saturated heterocycles. The van der Waals surface area contributed by atoms with Gasteiger partial charge in [0.15, 0.2) is 0 Å². The van der Waals surface area contributed by atoms with Gasteiger partial charge in [-0.1, -0.05) is 0 Å². The molecular weight excluding hydrogens is 270 g/mol. The van der Waals surface area contributed by atoms with Crippen molar-refractivity contribution in [2.24, 2.45) is 0 Å². The van der Waals surface area contributed by atoms with E-state index in [1.54, 1.807) is 6.20 Å². The van der Waals surface area contributed by atoms with Crippen LogP contribution in [0.15, 0.2) is 12.4 Å². The zero-order chi connectivity index (χ0) is 14.8. The van der Waals surface area contributed by atoms with Crippen LogP contribution in [0.25, 0.3) is 0 Å². The molecule has 1 aromatic heterocycles. The SMILES string of the molecule is CN1CCCC1Cn1cc(NC2CCC(=O)NC2=O)cn1. The number of rotatable bonds is 4. The predicted octanol–water partition coefficient (Wildman–Crippen LogP) is 0.194. The second kappa shape index (κ2) is 5.85. The number of nitrogens with zero attached hydrogens (tertiary/aromatic N) is 3. The van der Waals surface area contributed by atoms with Crippen LogP contribution >= 0.6 is 0 Å². The highest BCUT2D eigenvalue weighted by molar-refractivity contribution is 6.01. The van der Waals surface area contributed by atoms with Crippen molar-refractivity contribution in [3.8, 4) is 0 Å². The van der Waals surface area contributed by atoms with Crippen LogP contribution in [0.3, 0.4) is 0 Å². The molecule has 21 heavy (non-hydrogen) atoms. The van der Waals surface area contributed by atoms with Crippen molar-refractivity contribution < 1.29 is 9.59 Å². The normalized spacial score (nSPS) is 26.9. The smallest absolute Gasteiger partial charge is 0.249 e. The van der Waals surface area contributed by atoms with E-state index in [0.717, 1.165) is 18.8 Å². The zero-order valence-electron chi connectivity index (χ0n) is 12.2. The molecule has 2 N–H and O–H groups in total. The fraction of sp³-hybridized carbons (Fsp3) is 0.643. The molecule has 0 saturated carbocycles. The summed E-state index contributed by atoms with van der Waals surface area (Å²) in [5.41, 5.74) is 0.824. The number of amides is 2. The lowest BCUT2D eigenvalue weighted by Gasteiger charge is -2.22. The molecule has 0 radical (unpaired) electrons. The average molecular weight is 291 g/mol. The van der Waals surface area contributed by atoms with Crippen LogP contribution in [0.5, 0.6) is 0 Å². The van der Waals surface area contributed by atoms with Gasteiger partial charge < -0.3 is 10.2 Å². The van der Waals surface area contributed by atoms with Crippen molar-refractivity contribution in [1.82, 2.24) is 20.0 Å². The third-order valence-electron chi connectivity index (χ3n) is 4.28. The maximum absolute atomic E-state index is 11.7. The number of nitrogens with one attached hydrogen (secondary N) is 2. The van der Waals surface area contributed by atoms with Crippen molar-refractivity contribution in [1.29, 1.82) is 0 Å². The van der Waals surface area contributed by atoms with Gasteiger partial charge in [-0.2, -0.15) is 5.10 Å². The van der Waals surface area contributed by atoms with Gasteiger partial charge in [0.1, 0.15) is 6.04 Å². The van der Waals surface area contributed by atoms with Crippen LogP contribution in [0.2, 0.25) is 0 Å². The highest BCUT2D eigenvalue weighted by Crippen LogP contribution is 2.18. The number of carbonyl (C=O) groups is 2. The van der Waals surface area contributed by atoms with Gasteiger partial charge in [-0.15, -0.1) is 0 Å². The number of imide groups is 1. The number of piperidine rings is 1. The summed E-state index contributed by atoms with van der Waals surface area (Å²) in [5, 5.41) is 9.84. The fourth-order valence-corrected chi connectivity index (χ4v) is 3.00. The monoisotopic (exact) mass is 291 g/mol. The van der Waals surface area contributed by atoms with Gasteiger partial charge in [0.2, 0.25) is 11.8 Å². The fourth-order valence-electron chi connectivity index (χ4n) is 3.00. The Balaban J connectivity index is 1.57. The van der Waals surface area contributed by atoms with Gasteiger partial charge >= 0.3 is 0 Å². The van der Waals surface area contributed by atoms with Crippen LogP contribution in [0.4, 0.5) is 5.69 Å². The number of likely N-dealkylation sites (tertiary alicyclic amines) is 1. The van der Waals surface area contributed by atoms with E-state index in [1.165, 1.54) is 12.8 Å². The van der Waals surface area contributed by atoms with E-state index < -0.39 is 0 Å². The summed E-state index contributed by atoms with van der Waals surface area (Å²) in [6, 6.07) is 0.183. The van der Waals surface area contributed by atoms with Gasteiger partial charge in [0.25, 0.3) is 0 Å². The molecule has 1 aromatic rings. The Kier molecular flexibility index (Phi) is 3.92. The Morgan fingerprint density at radius 2 is 2.29 bits per heavy atom. The van der Waals surface area contributed by atoms with Crippen LogP contribution < -0.4 is 10.6 Å². The molecule has 2 aliphatic heterocycles. The first-order valence-corrected chi connectivity index (χ1v) is 7.45. The van der Waals surface area contributed by atoms with Crippen molar-refractivity contribution in [3.05, 3.63) is 12.4 Å². The largest absolute Gasteiger partial charge is 0.371 e. The second-order valence-corrected chi connectivity index (χ2v) is 5.88.